The van der Waals surface area contributed by atoms with Crippen molar-refractivity contribution in [3.8, 4) is 0 Å². The monoisotopic (exact) mass is 354 g/mol. The Labute approximate surface area is 151 Å². The average Bonchev–Trinajstić information content (AvgIpc) is 2.71. The van der Waals surface area contributed by atoms with E-state index >= 15 is 0 Å². The van der Waals surface area contributed by atoms with Gasteiger partial charge in [-0.25, -0.2) is 4.79 Å². The molecule has 0 aromatic carbocycles. The van der Waals surface area contributed by atoms with E-state index < -0.39 is 28.1 Å². The summed E-state index contributed by atoms with van der Waals surface area (Å²) in [5, 5.41) is 13.1. The zero-order valence-corrected chi connectivity index (χ0v) is 16.7. The summed E-state index contributed by atoms with van der Waals surface area (Å²) in [7, 11) is 0. The molecule has 6 nitrogen and oxygen atoms in total. The van der Waals surface area contributed by atoms with Crippen molar-refractivity contribution in [1.82, 2.24) is 10.2 Å². The molecule has 0 aromatic rings. The largest absolute Gasteiger partial charge is 0.444 e. The lowest BCUT2D eigenvalue weighted by Gasteiger charge is -2.40. The van der Waals surface area contributed by atoms with Crippen LogP contribution in [0.3, 0.4) is 0 Å². The van der Waals surface area contributed by atoms with Crippen molar-refractivity contribution in [2.75, 3.05) is 19.7 Å². The summed E-state index contributed by atoms with van der Waals surface area (Å²) in [6, 6.07) is 0. The Morgan fingerprint density at radius 3 is 2.20 bits per heavy atom. The van der Waals surface area contributed by atoms with E-state index in [9.17, 15) is 14.7 Å². The van der Waals surface area contributed by atoms with Gasteiger partial charge in [0, 0.05) is 24.0 Å². The fraction of sp³-hybridized carbons (Fsp3) is 0.789. The molecule has 6 heteroatoms. The van der Waals surface area contributed by atoms with Crippen molar-refractivity contribution in [2.24, 2.45) is 10.8 Å². The minimum Gasteiger partial charge on any atom is -0.444 e. The molecule has 1 aliphatic heterocycles. The number of likely N-dealkylation sites (tertiary alicyclic amines) is 1. The normalized spacial score (nSPS) is 27.1. The zero-order valence-electron chi connectivity index (χ0n) is 16.7. The van der Waals surface area contributed by atoms with Crippen molar-refractivity contribution >= 4 is 12.0 Å². The van der Waals surface area contributed by atoms with E-state index in [0.717, 1.165) is 0 Å². The number of nitrogens with zero attached hydrogens (tertiary/aromatic N) is 1. The molecule has 0 spiro atoms. The van der Waals surface area contributed by atoms with Gasteiger partial charge >= 0.3 is 6.09 Å². The van der Waals surface area contributed by atoms with Crippen LogP contribution in [0.2, 0.25) is 0 Å². The highest BCUT2D eigenvalue weighted by Crippen LogP contribution is 2.49. The highest BCUT2D eigenvalue weighted by atomic mass is 16.6. The van der Waals surface area contributed by atoms with E-state index in [0.29, 0.717) is 6.42 Å². The maximum atomic E-state index is 13.1. The van der Waals surface area contributed by atoms with Crippen LogP contribution < -0.4 is 5.32 Å². The third kappa shape index (κ3) is 4.75. The summed E-state index contributed by atoms with van der Waals surface area (Å²) in [5.41, 5.74) is -2.76. The van der Waals surface area contributed by atoms with Gasteiger partial charge in [-0.3, -0.25) is 4.79 Å². The smallest absolute Gasteiger partial charge is 0.410 e. The van der Waals surface area contributed by atoms with E-state index in [-0.39, 0.29) is 25.6 Å². The molecule has 1 fully saturated rings. The molecule has 0 aromatic heterocycles. The molecule has 0 unspecified atom stereocenters. The number of carbonyl (C=O) groups is 2. The van der Waals surface area contributed by atoms with Gasteiger partial charge in [0.15, 0.2) is 0 Å². The van der Waals surface area contributed by atoms with Crippen LogP contribution in [0.1, 0.15) is 54.9 Å². The maximum Gasteiger partial charge on any atom is 0.410 e. The Hall–Kier alpha value is -1.56. The first kappa shape index (κ1) is 21.5. The average molecular weight is 354 g/mol. The summed E-state index contributed by atoms with van der Waals surface area (Å²) in [4.78, 5) is 27.1. The lowest BCUT2D eigenvalue weighted by molar-refractivity contribution is -0.138. The molecule has 25 heavy (non-hydrogen) atoms. The number of hydrogen-bond donors (Lipinski definition) is 2. The zero-order chi connectivity index (χ0) is 19.7. The predicted molar refractivity (Wildman–Crippen MR) is 98.1 cm³/mol. The van der Waals surface area contributed by atoms with E-state index in [1.165, 1.54) is 4.90 Å². The molecular weight excluding hydrogens is 320 g/mol. The number of amides is 2. The number of nitrogens with one attached hydrogen (secondary N) is 1. The molecule has 0 aliphatic carbocycles. The second-order valence-electron chi connectivity index (χ2n) is 9.30. The predicted octanol–water partition coefficient (Wildman–Crippen LogP) is 2.71. The number of ether oxygens (including phenoxy) is 1. The third-order valence-electron chi connectivity index (χ3n) is 4.65. The van der Waals surface area contributed by atoms with Gasteiger partial charge in [-0.05, 0) is 54.9 Å². The van der Waals surface area contributed by atoms with Crippen LogP contribution in [-0.2, 0) is 9.53 Å². The summed E-state index contributed by atoms with van der Waals surface area (Å²) < 4.78 is 5.46. The first-order valence-corrected chi connectivity index (χ1v) is 8.72. The first-order valence-electron chi connectivity index (χ1n) is 8.72. The van der Waals surface area contributed by atoms with Crippen LogP contribution in [0.4, 0.5) is 4.79 Å². The van der Waals surface area contributed by atoms with E-state index in [1.54, 1.807) is 33.8 Å². The van der Waals surface area contributed by atoms with Crippen LogP contribution in [-0.4, -0.2) is 52.8 Å². The number of hydrogen-bond acceptors (Lipinski definition) is 4. The molecule has 1 aliphatic rings. The SMILES string of the molecule is C=CC[C@@]1(CO)CN(C(=O)OC(C)(C)C)C[C@@]1(C)C(=O)NC(C)(C)C. The molecule has 1 heterocycles. The number of aliphatic hydroxyl groups is 1. The summed E-state index contributed by atoms with van der Waals surface area (Å²) in [5.74, 6) is -0.179. The van der Waals surface area contributed by atoms with Crippen LogP contribution in [0.5, 0.6) is 0 Å². The lowest BCUT2D eigenvalue weighted by Crippen LogP contribution is -2.55. The van der Waals surface area contributed by atoms with Crippen molar-refractivity contribution in [1.29, 1.82) is 0 Å². The number of aliphatic hydroxyl groups excluding tert-OH is 1. The molecule has 1 rings (SSSR count). The molecule has 144 valence electrons. The number of carbonyl (C=O) groups excluding carboxylic acids is 2. The van der Waals surface area contributed by atoms with E-state index in [4.69, 9.17) is 4.74 Å². The van der Waals surface area contributed by atoms with Gasteiger partial charge in [-0.1, -0.05) is 6.08 Å². The van der Waals surface area contributed by atoms with Gasteiger partial charge in [0.25, 0.3) is 0 Å². The lowest BCUT2D eigenvalue weighted by atomic mass is 9.64. The quantitative estimate of drug-likeness (QED) is 0.761. The first-order chi connectivity index (χ1) is 11.2. The number of allylic oxidation sites excluding steroid dienone is 1. The van der Waals surface area contributed by atoms with Crippen molar-refractivity contribution in [3.05, 3.63) is 12.7 Å². The Morgan fingerprint density at radius 1 is 1.24 bits per heavy atom. The van der Waals surface area contributed by atoms with Crippen molar-refractivity contribution in [3.63, 3.8) is 0 Å². The maximum absolute atomic E-state index is 13.1. The minimum atomic E-state index is -0.944. The van der Waals surface area contributed by atoms with Gasteiger partial charge in [0.2, 0.25) is 5.91 Å². The van der Waals surface area contributed by atoms with Crippen LogP contribution in [0.15, 0.2) is 12.7 Å². The molecule has 1 saturated heterocycles. The molecular formula is C19H34N2O4. The summed E-state index contributed by atoms with van der Waals surface area (Å²) >= 11 is 0. The standard InChI is InChI=1S/C19H34N2O4/c1-9-10-19(13-22)12-21(15(24)25-17(5,6)7)11-18(19,8)14(23)20-16(2,3)4/h9,22H,1,10-13H2,2-8H3,(H,20,23)/t18-,19-/m0/s1. The molecule has 0 saturated carbocycles. The molecule has 0 bridgehead atoms. The van der Waals surface area contributed by atoms with Gasteiger partial charge in [-0.2, -0.15) is 0 Å². The molecule has 2 N–H and O–H groups in total. The molecule has 2 atom stereocenters. The second-order valence-corrected chi connectivity index (χ2v) is 9.30. The Morgan fingerprint density at radius 2 is 1.80 bits per heavy atom. The van der Waals surface area contributed by atoms with Gasteiger partial charge in [0.05, 0.1) is 12.0 Å². The van der Waals surface area contributed by atoms with Crippen LogP contribution in [0.25, 0.3) is 0 Å². The Balaban J connectivity index is 3.21. The number of rotatable bonds is 4. The highest BCUT2D eigenvalue weighted by Gasteiger charge is 2.60. The highest BCUT2D eigenvalue weighted by molar-refractivity contribution is 5.86. The van der Waals surface area contributed by atoms with E-state index in [1.807, 2.05) is 20.8 Å². The second kappa shape index (κ2) is 6.98. The van der Waals surface area contributed by atoms with Gasteiger partial charge < -0.3 is 20.1 Å². The van der Waals surface area contributed by atoms with Crippen LogP contribution >= 0.6 is 0 Å². The third-order valence-corrected chi connectivity index (χ3v) is 4.65. The van der Waals surface area contributed by atoms with Crippen molar-refractivity contribution in [2.45, 2.75) is 66.0 Å². The minimum absolute atomic E-state index is 0.179. The Bertz CT molecular complexity index is 533. The Kier molecular flexibility index (Phi) is 6.00. The van der Waals surface area contributed by atoms with Crippen molar-refractivity contribution < 1.29 is 19.4 Å². The fourth-order valence-electron chi connectivity index (χ4n) is 3.25. The topological polar surface area (TPSA) is 78.9 Å². The van der Waals surface area contributed by atoms with Gasteiger partial charge in [-0.15, -0.1) is 6.58 Å². The molecule has 0 radical (unpaired) electrons. The van der Waals surface area contributed by atoms with Crippen LogP contribution in [0, 0.1) is 10.8 Å². The summed E-state index contributed by atoms with van der Waals surface area (Å²) in [6.45, 7) is 16.9. The molecule has 2 amide bonds. The van der Waals surface area contributed by atoms with Gasteiger partial charge in [0.1, 0.15) is 5.60 Å². The summed E-state index contributed by atoms with van der Waals surface area (Å²) in [6.07, 6.45) is 1.65. The van der Waals surface area contributed by atoms with E-state index in [2.05, 4.69) is 11.9 Å². The fourth-order valence-corrected chi connectivity index (χ4v) is 3.25.